The van der Waals surface area contributed by atoms with Gasteiger partial charge in [0.15, 0.2) is 0 Å². The van der Waals surface area contributed by atoms with Crippen LogP contribution in [0.1, 0.15) is 0 Å². The van der Waals surface area contributed by atoms with Crippen LogP contribution in [0.15, 0.2) is 207 Å². The van der Waals surface area contributed by atoms with Gasteiger partial charge in [0.05, 0.1) is 34.0 Å². The summed E-state index contributed by atoms with van der Waals surface area (Å²) in [4.78, 5) is 19.5. The number of fused-ring (bicyclic) bond motifs is 3. The van der Waals surface area contributed by atoms with Crippen molar-refractivity contribution in [2.45, 2.75) is 0 Å². The number of rotatable bonds is 7. The monoisotopic (exact) mass is 714 g/mol. The van der Waals surface area contributed by atoms with Gasteiger partial charge in [-0.05, 0) is 75.3 Å². The first-order chi connectivity index (χ1) is 27.8. The molecule has 0 N–H and O–H groups in total. The Kier molecular flexibility index (Phi) is 8.47. The summed E-state index contributed by atoms with van der Waals surface area (Å²) in [6, 6.07) is 67.9. The van der Waals surface area contributed by atoms with Gasteiger partial charge in [-0.2, -0.15) is 0 Å². The lowest BCUT2D eigenvalue weighted by Gasteiger charge is -2.16. The molecular formula is C52H34N4. The first-order valence-corrected chi connectivity index (χ1v) is 18.8. The van der Waals surface area contributed by atoms with Crippen LogP contribution in [0.25, 0.3) is 100 Å². The molecule has 262 valence electrons. The maximum absolute atomic E-state index is 5.44. The van der Waals surface area contributed by atoms with E-state index in [0.29, 0.717) is 0 Å². The summed E-state index contributed by atoms with van der Waals surface area (Å²) in [5.74, 6) is 0. The molecule has 56 heavy (non-hydrogen) atoms. The zero-order valence-electron chi connectivity index (χ0n) is 30.4. The number of aromatic nitrogens is 4. The van der Waals surface area contributed by atoms with Crippen LogP contribution >= 0.6 is 0 Å². The Labute approximate surface area is 325 Å². The second-order valence-corrected chi connectivity index (χ2v) is 13.8. The van der Waals surface area contributed by atoms with E-state index >= 15 is 0 Å². The number of hydrogen-bond donors (Lipinski definition) is 0. The molecule has 0 saturated carbocycles. The van der Waals surface area contributed by atoms with E-state index in [9.17, 15) is 0 Å². The molecule has 10 rings (SSSR count). The van der Waals surface area contributed by atoms with Crippen molar-refractivity contribution in [1.82, 2.24) is 19.9 Å². The third kappa shape index (κ3) is 6.19. The Balaban J connectivity index is 1.03. The highest BCUT2D eigenvalue weighted by Gasteiger charge is 2.17. The molecule has 4 aromatic heterocycles. The topological polar surface area (TPSA) is 51.6 Å². The highest BCUT2D eigenvalue weighted by Crippen LogP contribution is 2.41. The second kappa shape index (κ2) is 14.3. The molecule has 0 aliphatic heterocycles. The number of pyridine rings is 4. The van der Waals surface area contributed by atoms with Crippen molar-refractivity contribution in [1.29, 1.82) is 0 Å². The first-order valence-electron chi connectivity index (χ1n) is 18.8. The summed E-state index contributed by atoms with van der Waals surface area (Å²) in [5, 5.41) is 3.51. The molecule has 0 aliphatic rings. The first kappa shape index (κ1) is 33.0. The Morgan fingerprint density at radius 2 is 0.768 bits per heavy atom. The molecule has 0 atom stereocenters. The largest absolute Gasteiger partial charge is 0.255 e. The fraction of sp³-hybridized carbons (Fsp3) is 0. The van der Waals surface area contributed by atoms with Crippen molar-refractivity contribution in [2.24, 2.45) is 0 Å². The predicted molar refractivity (Wildman–Crippen MR) is 231 cm³/mol. The molecule has 0 spiro atoms. The minimum Gasteiger partial charge on any atom is -0.255 e. The Morgan fingerprint density at radius 3 is 1.34 bits per heavy atom. The number of benzene rings is 6. The van der Waals surface area contributed by atoms with E-state index in [1.165, 1.54) is 16.5 Å². The molecule has 4 nitrogen and oxygen atoms in total. The van der Waals surface area contributed by atoms with Crippen LogP contribution in [0, 0.1) is 0 Å². The summed E-state index contributed by atoms with van der Waals surface area (Å²) >= 11 is 0. The maximum atomic E-state index is 5.44. The fourth-order valence-electron chi connectivity index (χ4n) is 7.67. The van der Waals surface area contributed by atoms with Gasteiger partial charge in [-0.3, -0.25) is 9.97 Å². The van der Waals surface area contributed by atoms with Gasteiger partial charge in [0, 0.05) is 39.7 Å². The van der Waals surface area contributed by atoms with Crippen LogP contribution < -0.4 is 0 Å². The zero-order valence-corrected chi connectivity index (χ0v) is 30.4. The number of para-hydroxylation sites is 1. The molecule has 0 fully saturated rings. The summed E-state index contributed by atoms with van der Waals surface area (Å²) in [6.45, 7) is 0. The van der Waals surface area contributed by atoms with Crippen molar-refractivity contribution >= 4 is 21.7 Å². The van der Waals surface area contributed by atoms with Crippen LogP contribution in [0.2, 0.25) is 0 Å². The number of hydrogen-bond acceptors (Lipinski definition) is 4. The van der Waals surface area contributed by atoms with Gasteiger partial charge in [-0.1, -0.05) is 158 Å². The molecular weight excluding hydrogens is 681 g/mol. The Bertz CT molecular complexity index is 2910. The van der Waals surface area contributed by atoms with Crippen molar-refractivity contribution in [2.75, 3.05) is 0 Å². The summed E-state index contributed by atoms with van der Waals surface area (Å²) in [5.41, 5.74) is 15.4. The van der Waals surface area contributed by atoms with Gasteiger partial charge in [-0.15, -0.1) is 0 Å². The van der Waals surface area contributed by atoms with Crippen LogP contribution in [0.4, 0.5) is 0 Å². The lowest BCUT2D eigenvalue weighted by Crippen LogP contribution is -1.94. The van der Waals surface area contributed by atoms with Crippen molar-refractivity contribution in [3.63, 3.8) is 0 Å². The van der Waals surface area contributed by atoms with Crippen LogP contribution in [0.3, 0.4) is 0 Å². The molecule has 0 bridgehead atoms. The van der Waals surface area contributed by atoms with E-state index in [2.05, 4.69) is 168 Å². The van der Waals surface area contributed by atoms with E-state index in [-0.39, 0.29) is 0 Å². The average molecular weight is 715 g/mol. The lowest BCUT2D eigenvalue weighted by atomic mass is 9.91. The fourth-order valence-corrected chi connectivity index (χ4v) is 7.67. The molecule has 0 saturated heterocycles. The zero-order chi connectivity index (χ0) is 37.3. The third-order valence-corrected chi connectivity index (χ3v) is 10.4. The molecule has 0 radical (unpaired) electrons. The maximum Gasteiger partial charge on any atom is 0.0900 e. The lowest BCUT2D eigenvalue weighted by molar-refractivity contribution is 1.22. The van der Waals surface area contributed by atoms with Crippen molar-refractivity contribution in [3.8, 4) is 78.5 Å². The standard InChI is InChI=1S/C52H34N4/c1-3-13-38(14-4-1)42-17-11-19-44-50(42)45-20-12-18-43(52(45)56-51(44)40-15-5-2-6-16-40)39-29-27-36(28-30-39)35-23-25-37(26-24-35)41-33-48(46-21-7-9-31-53-46)55-49(34-41)47-22-8-10-32-54-47/h1-34H. The SMILES string of the molecule is c1ccc(-c2nc3c(-c4ccc(-c5ccc(-c6cc(-c7ccccn7)nc(-c7ccccn7)c6)cc5)cc4)cccc3c3c(-c4ccccc4)cccc23)cc1. The van der Waals surface area contributed by atoms with Crippen LogP contribution in [-0.4, -0.2) is 19.9 Å². The smallest absolute Gasteiger partial charge is 0.0900 e. The summed E-state index contributed by atoms with van der Waals surface area (Å²) in [7, 11) is 0. The third-order valence-electron chi connectivity index (χ3n) is 10.4. The molecule has 10 aromatic rings. The highest BCUT2D eigenvalue weighted by atomic mass is 14.8. The van der Waals surface area contributed by atoms with E-state index in [4.69, 9.17) is 9.97 Å². The van der Waals surface area contributed by atoms with Crippen molar-refractivity contribution < 1.29 is 0 Å². The van der Waals surface area contributed by atoms with E-state index < -0.39 is 0 Å². The minimum absolute atomic E-state index is 0.812. The van der Waals surface area contributed by atoms with Gasteiger partial charge in [0.1, 0.15) is 0 Å². The minimum atomic E-state index is 0.812. The summed E-state index contributed by atoms with van der Waals surface area (Å²) in [6.07, 6.45) is 3.60. The van der Waals surface area contributed by atoms with Gasteiger partial charge < -0.3 is 0 Å². The molecule has 0 aliphatic carbocycles. The molecule has 0 unspecified atom stereocenters. The second-order valence-electron chi connectivity index (χ2n) is 13.8. The van der Waals surface area contributed by atoms with Crippen LogP contribution in [0.5, 0.6) is 0 Å². The quantitative estimate of drug-likeness (QED) is 0.154. The van der Waals surface area contributed by atoms with Crippen LogP contribution in [-0.2, 0) is 0 Å². The van der Waals surface area contributed by atoms with E-state index in [0.717, 1.165) is 83.7 Å². The van der Waals surface area contributed by atoms with E-state index in [1.54, 1.807) is 12.4 Å². The normalized spacial score (nSPS) is 11.2. The molecule has 6 aromatic carbocycles. The van der Waals surface area contributed by atoms with Gasteiger partial charge in [-0.25, -0.2) is 9.97 Å². The summed E-state index contributed by atoms with van der Waals surface area (Å²) < 4.78 is 0. The highest BCUT2D eigenvalue weighted by molar-refractivity contribution is 6.19. The van der Waals surface area contributed by atoms with Gasteiger partial charge in [0.2, 0.25) is 0 Å². The Hall–Kier alpha value is -7.56. The van der Waals surface area contributed by atoms with Gasteiger partial charge >= 0.3 is 0 Å². The molecule has 0 amide bonds. The molecule has 4 heterocycles. The van der Waals surface area contributed by atoms with E-state index in [1.807, 2.05) is 36.4 Å². The number of nitrogens with zero attached hydrogens (tertiary/aromatic N) is 4. The van der Waals surface area contributed by atoms with Gasteiger partial charge in [0.25, 0.3) is 0 Å². The molecule has 4 heteroatoms. The average Bonchev–Trinajstić information content (AvgIpc) is 3.29. The Morgan fingerprint density at radius 1 is 0.286 bits per heavy atom. The predicted octanol–water partition coefficient (Wildman–Crippen LogP) is 13.2. The van der Waals surface area contributed by atoms with Crippen molar-refractivity contribution in [3.05, 3.63) is 207 Å².